The van der Waals surface area contributed by atoms with E-state index in [1.165, 1.54) is 4.90 Å². The van der Waals surface area contributed by atoms with Crippen LogP contribution in [0.5, 0.6) is 0 Å². The molecule has 1 aromatic carbocycles. The number of hydrogen-bond acceptors (Lipinski definition) is 2. The highest BCUT2D eigenvalue weighted by Crippen LogP contribution is 2.20. The standard InChI is InChI=1S/C15H18F3NO/c1-12(2)19(11-15(16,17)18)10-14-7-5-13(6-8-14)4-3-9-20/h5-8,12,20H,9-11H2,1-2H3. The molecule has 0 saturated carbocycles. The predicted molar refractivity (Wildman–Crippen MR) is 72.0 cm³/mol. The van der Waals surface area contributed by atoms with Crippen LogP contribution < -0.4 is 0 Å². The molecule has 0 atom stereocenters. The lowest BCUT2D eigenvalue weighted by Crippen LogP contribution is -2.38. The van der Waals surface area contributed by atoms with Crippen molar-refractivity contribution in [3.05, 3.63) is 35.4 Å². The first-order valence-corrected chi connectivity index (χ1v) is 6.31. The summed E-state index contributed by atoms with van der Waals surface area (Å²) in [5.41, 5.74) is 1.53. The van der Waals surface area contributed by atoms with Crippen LogP contribution in [-0.4, -0.2) is 35.4 Å². The summed E-state index contributed by atoms with van der Waals surface area (Å²) in [5, 5.41) is 8.58. The molecule has 0 unspecified atom stereocenters. The molecule has 1 N–H and O–H groups in total. The van der Waals surface area contributed by atoms with Crippen molar-refractivity contribution < 1.29 is 18.3 Å². The van der Waals surface area contributed by atoms with Gasteiger partial charge < -0.3 is 5.11 Å². The maximum atomic E-state index is 12.5. The fourth-order valence-corrected chi connectivity index (χ4v) is 1.72. The van der Waals surface area contributed by atoms with Gasteiger partial charge in [0.2, 0.25) is 0 Å². The number of halogens is 3. The van der Waals surface area contributed by atoms with Crippen molar-refractivity contribution >= 4 is 0 Å². The van der Waals surface area contributed by atoms with Crippen LogP contribution in [0, 0.1) is 11.8 Å². The van der Waals surface area contributed by atoms with Crippen LogP contribution in [0.1, 0.15) is 25.0 Å². The van der Waals surface area contributed by atoms with Gasteiger partial charge in [-0.25, -0.2) is 0 Å². The molecule has 0 fully saturated rings. The molecule has 1 aromatic rings. The van der Waals surface area contributed by atoms with E-state index in [0.29, 0.717) is 0 Å². The van der Waals surface area contributed by atoms with Gasteiger partial charge in [-0.05, 0) is 31.5 Å². The fraction of sp³-hybridized carbons (Fsp3) is 0.467. The van der Waals surface area contributed by atoms with Gasteiger partial charge in [-0.3, -0.25) is 4.90 Å². The Morgan fingerprint density at radius 1 is 1.20 bits per heavy atom. The molecule has 2 nitrogen and oxygen atoms in total. The first-order valence-electron chi connectivity index (χ1n) is 6.31. The summed E-state index contributed by atoms with van der Waals surface area (Å²) in [6, 6.07) is 6.81. The first kappa shape index (κ1) is 16.5. The van der Waals surface area contributed by atoms with E-state index in [9.17, 15) is 13.2 Å². The molecule has 0 spiro atoms. The largest absolute Gasteiger partial charge is 0.401 e. The van der Waals surface area contributed by atoms with E-state index in [-0.39, 0.29) is 19.2 Å². The second-order valence-electron chi connectivity index (χ2n) is 4.77. The highest BCUT2D eigenvalue weighted by molar-refractivity contribution is 5.36. The summed E-state index contributed by atoms with van der Waals surface area (Å²) < 4.78 is 37.5. The highest BCUT2D eigenvalue weighted by Gasteiger charge is 2.31. The molecule has 0 heterocycles. The Bertz CT molecular complexity index is 469. The van der Waals surface area contributed by atoms with E-state index in [0.717, 1.165) is 11.1 Å². The number of rotatable bonds is 4. The Hall–Kier alpha value is -1.51. The molecule has 0 aliphatic heterocycles. The summed E-state index contributed by atoms with van der Waals surface area (Å²) in [6.45, 7) is 2.59. The molecule has 110 valence electrons. The van der Waals surface area contributed by atoms with E-state index < -0.39 is 12.7 Å². The molecule has 0 aromatic heterocycles. The van der Waals surface area contributed by atoms with E-state index >= 15 is 0 Å². The summed E-state index contributed by atoms with van der Waals surface area (Å²) >= 11 is 0. The normalized spacial score (nSPS) is 11.6. The maximum absolute atomic E-state index is 12.5. The van der Waals surface area contributed by atoms with Gasteiger partial charge in [-0.2, -0.15) is 13.2 Å². The van der Waals surface area contributed by atoms with Gasteiger partial charge >= 0.3 is 6.18 Å². The Morgan fingerprint density at radius 3 is 2.25 bits per heavy atom. The van der Waals surface area contributed by atoms with Crippen LogP contribution >= 0.6 is 0 Å². The molecule has 0 amide bonds. The average Bonchev–Trinajstić information content (AvgIpc) is 2.35. The second-order valence-corrected chi connectivity index (χ2v) is 4.77. The first-order chi connectivity index (χ1) is 9.31. The van der Waals surface area contributed by atoms with Crippen molar-refractivity contribution in [3.8, 4) is 11.8 Å². The molecule has 0 radical (unpaired) electrons. The number of aliphatic hydroxyl groups is 1. The lowest BCUT2D eigenvalue weighted by atomic mass is 10.1. The van der Waals surface area contributed by atoms with Crippen molar-refractivity contribution in [1.82, 2.24) is 4.90 Å². The van der Waals surface area contributed by atoms with E-state index in [2.05, 4.69) is 11.8 Å². The van der Waals surface area contributed by atoms with Gasteiger partial charge in [0, 0.05) is 18.2 Å². The van der Waals surface area contributed by atoms with E-state index in [1.807, 2.05) is 0 Å². The van der Waals surface area contributed by atoms with Crippen LogP contribution in [0.4, 0.5) is 13.2 Å². The second kappa shape index (κ2) is 7.32. The fourth-order valence-electron chi connectivity index (χ4n) is 1.72. The van der Waals surface area contributed by atoms with Gasteiger partial charge in [0.05, 0.1) is 6.54 Å². The van der Waals surface area contributed by atoms with Gasteiger partial charge in [0.25, 0.3) is 0 Å². The van der Waals surface area contributed by atoms with Gasteiger partial charge in [0.1, 0.15) is 6.61 Å². The van der Waals surface area contributed by atoms with Gasteiger partial charge in [-0.15, -0.1) is 0 Å². The number of hydrogen-bond donors (Lipinski definition) is 1. The molecular weight excluding hydrogens is 267 g/mol. The SMILES string of the molecule is CC(C)N(Cc1ccc(C#CCO)cc1)CC(F)(F)F. The lowest BCUT2D eigenvalue weighted by Gasteiger charge is -2.27. The predicted octanol–water partition coefficient (Wildman–Crippen LogP) is 2.80. The minimum absolute atomic E-state index is 0.189. The maximum Gasteiger partial charge on any atom is 0.401 e. The molecule has 0 aliphatic carbocycles. The van der Waals surface area contributed by atoms with Crippen molar-refractivity contribution in [2.75, 3.05) is 13.2 Å². The number of nitrogens with zero attached hydrogens (tertiary/aromatic N) is 1. The van der Waals surface area contributed by atoms with Gasteiger partial charge in [0.15, 0.2) is 0 Å². The Morgan fingerprint density at radius 2 is 1.80 bits per heavy atom. The minimum atomic E-state index is -4.20. The molecular formula is C15H18F3NO. The molecule has 0 aliphatic rings. The van der Waals surface area contributed by atoms with Gasteiger partial charge in [-0.1, -0.05) is 24.0 Å². The zero-order chi connectivity index (χ0) is 15.2. The van der Waals surface area contributed by atoms with Crippen LogP contribution in [0.2, 0.25) is 0 Å². The van der Waals surface area contributed by atoms with Crippen molar-refractivity contribution in [2.24, 2.45) is 0 Å². The lowest BCUT2D eigenvalue weighted by molar-refractivity contribution is -0.150. The van der Waals surface area contributed by atoms with Crippen LogP contribution in [0.25, 0.3) is 0 Å². The number of aliphatic hydroxyl groups excluding tert-OH is 1. The molecule has 20 heavy (non-hydrogen) atoms. The Kier molecular flexibility index (Phi) is 6.05. The molecule has 0 bridgehead atoms. The number of alkyl halides is 3. The minimum Gasteiger partial charge on any atom is -0.384 e. The smallest absolute Gasteiger partial charge is 0.384 e. The van der Waals surface area contributed by atoms with E-state index in [4.69, 9.17) is 5.11 Å². The quantitative estimate of drug-likeness (QED) is 0.860. The van der Waals surface area contributed by atoms with Crippen LogP contribution in [0.3, 0.4) is 0 Å². The average molecular weight is 285 g/mol. The summed E-state index contributed by atoms with van der Waals surface area (Å²) in [6.07, 6.45) is -4.20. The summed E-state index contributed by atoms with van der Waals surface area (Å²) in [4.78, 5) is 1.37. The third kappa shape index (κ3) is 6.09. The number of benzene rings is 1. The third-order valence-electron chi connectivity index (χ3n) is 2.76. The highest BCUT2D eigenvalue weighted by atomic mass is 19.4. The molecule has 0 saturated heterocycles. The van der Waals surface area contributed by atoms with Crippen molar-refractivity contribution in [1.29, 1.82) is 0 Å². The van der Waals surface area contributed by atoms with Crippen LogP contribution in [-0.2, 0) is 6.54 Å². The van der Waals surface area contributed by atoms with Crippen LogP contribution in [0.15, 0.2) is 24.3 Å². The monoisotopic (exact) mass is 285 g/mol. The summed E-state index contributed by atoms with van der Waals surface area (Å²) in [7, 11) is 0. The van der Waals surface area contributed by atoms with Crippen molar-refractivity contribution in [2.45, 2.75) is 32.6 Å². The Balaban J connectivity index is 2.74. The Labute approximate surface area is 117 Å². The van der Waals surface area contributed by atoms with E-state index in [1.54, 1.807) is 38.1 Å². The molecule has 1 rings (SSSR count). The summed E-state index contributed by atoms with van der Waals surface area (Å²) in [5.74, 6) is 5.26. The molecule has 5 heteroatoms. The zero-order valence-corrected chi connectivity index (χ0v) is 11.5. The third-order valence-corrected chi connectivity index (χ3v) is 2.76. The van der Waals surface area contributed by atoms with Crippen molar-refractivity contribution in [3.63, 3.8) is 0 Å². The topological polar surface area (TPSA) is 23.5 Å². The zero-order valence-electron chi connectivity index (χ0n) is 11.5.